The summed E-state index contributed by atoms with van der Waals surface area (Å²) in [6, 6.07) is 5.81. The van der Waals surface area contributed by atoms with Crippen LogP contribution >= 0.6 is 38.5 Å². The average Bonchev–Trinajstić information content (AvgIpc) is 2.47. The molecule has 1 amide bonds. The highest BCUT2D eigenvalue weighted by atomic mass is 127. The number of nitrogens with one attached hydrogen (secondary N) is 1. The Hall–Kier alpha value is -0.140. The summed E-state index contributed by atoms with van der Waals surface area (Å²) >= 11 is 5.65. The van der Waals surface area contributed by atoms with E-state index >= 15 is 0 Å². The van der Waals surface area contributed by atoms with E-state index in [0.717, 1.165) is 33.1 Å². The maximum atomic E-state index is 12.1. The zero-order valence-corrected chi connectivity index (χ0v) is 15.2. The topological polar surface area (TPSA) is 32.3 Å². The van der Waals surface area contributed by atoms with E-state index in [4.69, 9.17) is 0 Å². The minimum absolute atomic E-state index is 0.00837. The lowest BCUT2D eigenvalue weighted by Gasteiger charge is -2.26. The molecule has 0 aromatic heterocycles. The molecule has 110 valence electrons. The SMILES string of the molecule is O=C(NCCCN1CCCCC1)c1cc(I)ccc1Br. The van der Waals surface area contributed by atoms with Crippen LogP contribution in [-0.2, 0) is 0 Å². The monoisotopic (exact) mass is 450 g/mol. The highest BCUT2D eigenvalue weighted by Crippen LogP contribution is 2.19. The summed E-state index contributed by atoms with van der Waals surface area (Å²) in [7, 11) is 0. The van der Waals surface area contributed by atoms with Gasteiger partial charge in [-0.1, -0.05) is 6.42 Å². The van der Waals surface area contributed by atoms with Crippen molar-refractivity contribution in [1.29, 1.82) is 0 Å². The van der Waals surface area contributed by atoms with Crippen LogP contribution in [0.2, 0.25) is 0 Å². The zero-order chi connectivity index (χ0) is 14.4. The molecule has 1 heterocycles. The number of piperidine rings is 1. The van der Waals surface area contributed by atoms with Gasteiger partial charge in [-0.3, -0.25) is 4.79 Å². The predicted molar refractivity (Wildman–Crippen MR) is 94.1 cm³/mol. The fourth-order valence-electron chi connectivity index (χ4n) is 2.45. The van der Waals surface area contributed by atoms with Gasteiger partial charge in [0, 0.05) is 14.6 Å². The van der Waals surface area contributed by atoms with Crippen molar-refractivity contribution in [2.24, 2.45) is 0 Å². The van der Waals surface area contributed by atoms with Crippen LogP contribution in [0.5, 0.6) is 0 Å². The van der Waals surface area contributed by atoms with Crippen LogP contribution < -0.4 is 5.32 Å². The van der Waals surface area contributed by atoms with Gasteiger partial charge in [-0.25, -0.2) is 0 Å². The smallest absolute Gasteiger partial charge is 0.252 e. The fourth-order valence-corrected chi connectivity index (χ4v) is 3.37. The number of amides is 1. The summed E-state index contributed by atoms with van der Waals surface area (Å²) in [5.41, 5.74) is 0.717. The highest BCUT2D eigenvalue weighted by molar-refractivity contribution is 14.1. The molecule has 20 heavy (non-hydrogen) atoms. The van der Waals surface area contributed by atoms with Crippen LogP contribution in [0.1, 0.15) is 36.0 Å². The first-order chi connectivity index (χ1) is 9.66. The number of carbonyl (C=O) groups is 1. The van der Waals surface area contributed by atoms with Crippen molar-refractivity contribution < 1.29 is 4.79 Å². The Morgan fingerprint density at radius 3 is 2.80 bits per heavy atom. The maximum Gasteiger partial charge on any atom is 0.252 e. The molecule has 3 nitrogen and oxygen atoms in total. The standard InChI is InChI=1S/C15H20BrIN2O/c16-14-6-5-12(17)11-13(14)15(20)18-7-4-10-19-8-2-1-3-9-19/h5-6,11H,1-4,7-10H2,(H,18,20). The van der Waals surface area contributed by atoms with Crippen molar-refractivity contribution in [2.45, 2.75) is 25.7 Å². The van der Waals surface area contributed by atoms with Crippen LogP contribution in [0.4, 0.5) is 0 Å². The van der Waals surface area contributed by atoms with E-state index in [1.54, 1.807) is 0 Å². The lowest BCUT2D eigenvalue weighted by molar-refractivity contribution is 0.0950. The van der Waals surface area contributed by atoms with E-state index in [9.17, 15) is 4.79 Å². The summed E-state index contributed by atoms with van der Waals surface area (Å²) < 4.78 is 1.93. The van der Waals surface area contributed by atoms with E-state index in [-0.39, 0.29) is 5.91 Å². The Balaban J connectivity index is 1.73. The van der Waals surface area contributed by atoms with Gasteiger partial charge in [0.05, 0.1) is 5.56 Å². The van der Waals surface area contributed by atoms with Crippen molar-refractivity contribution in [3.8, 4) is 0 Å². The van der Waals surface area contributed by atoms with Gasteiger partial charge in [-0.15, -0.1) is 0 Å². The minimum atomic E-state index is 0.00837. The van der Waals surface area contributed by atoms with Gasteiger partial charge in [-0.2, -0.15) is 0 Å². The normalized spacial score (nSPS) is 16.1. The first-order valence-corrected chi connectivity index (χ1v) is 8.99. The Kier molecular flexibility index (Phi) is 6.77. The molecule has 1 aromatic rings. The third-order valence-corrected chi connectivity index (χ3v) is 4.92. The minimum Gasteiger partial charge on any atom is -0.352 e. The van der Waals surface area contributed by atoms with E-state index in [1.165, 1.54) is 32.4 Å². The molecule has 0 unspecified atom stereocenters. The number of hydrogen-bond acceptors (Lipinski definition) is 2. The Bertz CT molecular complexity index is 461. The van der Waals surface area contributed by atoms with Gasteiger partial charge in [0.1, 0.15) is 0 Å². The van der Waals surface area contributed by atoms with Gasteiger partial charge in [0.2, 0.25) is 0 Å². The zero-order valence-electron chi connectivity index (χ0n) is 11.5. The number of likely N-dealkylation sites (tertiary alicyclic amines) is 1. The molecule has 2 rings (SSSR count). The van der Waals surface area contributed by atoms with E-state index < -0.39 is 0 Å². The van der Waals surface area contributed by atoms with Crippen LogP contribution in [0.3, 0.4) is 0 Å². The van der Waals surface area contributed by atoms with Gasteiger partial charge < -0.3 is 10.2 Å². The Morgan fingerprint density at radius 1 is 1.30 bits per heavy atom. The van der Waals surface area contributed by atoms with Crippen molar-refractivity contribution >= 4 is 44.4 Å². The lowest BCUT2D eigenvalue weighted by atomic mass is 10.1. The summed E-state index contributed by atoms with van der Waals surface area (Å²) in [4.78, 5) is 14.6. The number of halogens is 2. The summed E-state index contributed by atoms with van der Waals surface area (Å²) in [6.45, 7) is 4.27. The second-order valence-corrected chi connectivity index (χ2v) is 7.24. The first kappa shape index (κ1) is 16.2. The van der Waals surface area contributed by atoms with Crippen molar-refractivity contribution in [1.82, 2.24) is 10.2 Å². The molecule has 1 aliphatic rings. The largest absolute Gasteiger partial charge is 0.352 e. The molecule has 1 saturated heterocycles. The number of nitrogens with zero attached hydrogens (tertiary/aromatic N) is 1. The molecular formula is C15H20BrIN2O. The van der Waals surface area contributed by atoms with Gasteiger partial charge in [0.15, 0.2) is 0 Å². The summed E-state index contributed by atoms with van der Waals surface area (Å²) in [5.74, 6) is 0.00837. The quantitative estimate of drug-likeness (QED) is 0.548. The molecular weight excluding hydrogens is 431 g/mol. The van der Waals surface area contributed by atoms with E-state index in [0.29, 0.717) is 0 Å². The van der Waals surface area contributed by atoms with Crippen molar-refractivity contribution in [2.75, 3.05) is 26.2 Å². The molecule has 0 spiro atoms. The molecule has 1 aliphatic heterocycles. The molecule has 1 fully saturated rings. The number of carbonyl (C=O) groups excluding carboxylic acids is 1. The molecule has 5 heteroatoms. The van der Waals surface area contributed by atoms with Gasteiger partial charge in [0.25, 0.3) is 5.91 Å². The third kappa shape index (κ3) is 5.00. The van der Waals surface area contributed by atoms with E-state index in [2.05, 4.69) is 48.7 Å². The van der Waals surface area contributed by atoms with Crippen molar-refractivity contribution in [3.05, 3.63) is 31.8 Å². The lowest BCUT2D eigenvalue weighted by Crippen LogP contribution is -2.33. The van der Waals surface area contributed by atoms with Crippen LogP contribution in [0.25, 0.3) is 0 Å². The average molecular weight is 451 g/mol. The second-order valence-electron chi connectivity index (χ2n) is 5.14. The highest BCUT2D eigenvalue weighted by Gasteiger charge is 2.11. The molecule has 0 bridgehead atoms. The first-order valence-electron chi connectivity index (χ1n) is 7.12. The molecule has 0 radical (unpaired) electrons. The van der Waals surface area contributed by atoms with Gasteiger partial charge >= 0.3 is 0 Å². The summed E-state index contributed by atoms with van der Waals surface area (Å²) in [5, 5.41) is 3.01. The van der Waals surface area contributed by atoms with Gasteiger partial charge in [-0.05, 0) is 95.6 Å². The molecule has 1 aromatic carbocycles. The van der Waals surface area contributed by atoms with Crippen LogP contribution in [0, 0.1) is 3.57 Å². The van der Waals surface area contributed by atoms with Crippen molar-refractivity contribution in [3.63, 3.8) is 0 Å². The fraction of sp³-hybridized carbons (Fsp3) is 0.533. The molecule has 0 saturated carbocycles. The third-order valence-electron chi connectivity index (χ3n) is 3.56. The Morgan fingerprint density at radius 2 is 2.05 bits per heavy atom. The van der Waals surface area contributed by atoms with Crippen LogP contribution in [0.15, 0.2) is 22.7 Å². The Labute approximate surface area is 142 Å². The second kappa shape index (κ2) is 8.34. The van der Waals surface area contributed by atoms with E-state index in [1.807, 2.05) is 18.2 Å². The number of hydrogen-bond donors (Lipinski definition) is 1. The molecule has 0 atom stereocenters. The molecule has 0 aliphatic carbocycles. The predicted octanol–water partition coefficient (Wildman–Crippen LogP) is 3.66. The van der Waals surface area contributed by atoms with Crippen LogP contribution in [-0.4, -0.2) is 37.0 Å². The summed E-state index contributed by atoms with van der Waals surface area (Å²) in [6.07, 6.45) is 5.03. The number of benzene rings is 1. The maximum absolute atomic E-state index is 12.1. The molecule has 1 N–H and O–H groups in total. The number of rotatable bonds is 5.